The van der Waals surface area contributed by atoms with E-state index in [9.17, 15) is 9.90 Å². The second kappa shape index (κ2) is 9.32. The molecule has 3 rings (SSSR count). The van der Waals surface area contributed by atoms with E-state index in [1.807, 2.05) is 50.2 Å². The maximum atomic E-state index is 12.4. The van der Waals surface area contributed by atoms with Gasteiger partial charge in [-0.05, 0) is 61.9 Å². The van der Waals surface area contributed by atoms with E-state index in [2.05, 4.69) is 15.1 Å². The van der Waals surface area contributed by atoms with Crippen molar-refractivity contribution in [2.24, 2.45) is 0 Å². The molecule has 1 atom stereocenters. The number of urea groups is 1. The number of anilines is 3. The summed E-state index contributed by atoms with van der Waals surface area (Å²) < 4.78 is 0. The number of hydrogen-bond donors (Lipinski definition) is 3. The summed E-state index contributed by atoms with van der Waals surface area (Å²) in [4.78, 5) is 18.3. The van der Waals surface area contributed by atoms with Crippen molar-refractivity contribution in [3.05, 3.63) is 48.5 Å². The molecule has 154 valence electrons. The molecule has 1 fully saturated rings. The number of phenolic OH excluding ortho intramolecular Hbond substituents is 1. The van der Waals surface area contributed by atoms with Gasteiger partial charge in [0.15, 0.2) is 0 Å². The van der Waals surface area contributed by atoms with Crippen LogP contribution in [-0.4, -0.2) is 49.7 Å². The van der Waals surface area contributed by atoms with Gasteiger partial charge in [-0.2, -0.15) is 0 Å². The lowest BCUT2D eigenvalue weighted by Gasteiger charge is -2.37. The molecule has 0 radical (unpaired) electrons. The lowest BCUT2D eigenvalue weighted by atomic mass is 10.2. The Bertz CT molecular complexity index is 814. The van der Waals surface area contributed by atoms with Crippen molar-refractivity contribution in [1.82, 2.24) is 5.32 Å². The molecule has 0 bridgehead atoms. The number of piperazine rings is 1. The average Bonchev–Trinajstić information content (AvgIpc) is 2.75. The first-order valence-corrected chi connectivity index (χ1v) is 10.0. The van der Waals surface area contributed by atoms with Crippen molar-refractivity contribution in [2.75, 3.05) is 40.9 Å². The Kier molecular flexibility index (Phi) is 6.59. The largest absolute Gasteiger partial charge is 0.508 e. The molecule has 0 aromatic heterocycles. The summed E-state index contributed by atoms with van der Waals surface area (Å²) in [5.74, 6) is 0.282. The monoisotopic (exact) mass is 395 g/mol. The van der Waals surface area contributed by atoms with Gasteiger partial charge in [-0.15, -0.1) is 0 Å². The summed E-state index contributed by atoms with van der Waals surface area (Å²) in [6.07, 6.45) is 1.88. The summed E-state index contributed by atoms with van der Waals surface area (Å²) in [5, 5.41) is 19.9. The molecule has 2 aromatic carbocycles. The molecule has 3 N–H and O–H groups in total. The van der Waals surface area contributed by atoms with Gasteiger partial charge in [0.1, 0.15) is 5.75 Å². The van der Waals surface area contributed by atoms with Crippen molar-refractivity contribution < 1.29 is 9.90 Å². The molecule has 1 aliphatic heterocycles. The van der Waals surface area contributed by atoms with E-state index < -0.39 is 0 Å². The van der Waals surface area contributed by atoms with E-state index in [4.69, 9.17) is 5.41 Å². The zero-order valence-electron chi connectivity index (χ0n) is 17.0. The van der Waals surface area contributed by atoms with Gasteiger partial charge in [-0.25, -0.2) is 4.79 Å². The molecule has 2 amide bonds. The van der Waals surface area contributed by atoms with Crippen molar-refractivity contribution in [3.63, 3.8) is 0 Å². The predicted molar refractivity (Wildman–Crippen MR) is 119 cm³/mol. The second-order valence-corrected chi connectivity index (χ2v) is 7.26. The Morgan fingerprint density at radius 1 is 1.07 bits per heavy atom. The Morgan fingerprint density at radius 3 is 2.00 bits per heavy atom. The molecule has 29 heavy (non-hydrogen) atoms. The van der Waals surface area contributed by atoms with Crippen LogP contribution in [0.5, 0.6) is 5.75 Å². The fourth-order valence-electron chi connectivity index (χ4n) is 3.34. The SMILES string of the molecule is CCC(C)NC(=O)N(C=N)c1ccc(N2CCN(c3ccc(O)cc3)CC2)cc1. The van der Waals surface area contributed by atoms with E-state index in [-0.39, 0.29) is 17.8 Å². The van der Waals surface area contributed by atoms with Crippen LogP contribution in [0.15, 0.2) is 48.5 Å². The summed E-state index contributed by atoms with van der Waals surface area (Å²) in [5.41, 5.74) is 2.89. The highest BCUT2D eigenvalue weighted by molar-refractivity contribution is 6.06. The van der Waals surface area contributed by atoms with Gasteiger partial charge in [0.2, 0.25) is 0 Å². The first-order valence-electron chi connectivity index (χ1n) is 10.0. The zero-order valence-corrected chi connectivity index (χ0v) is 17.0. The number of amides is 2. The fourth-order valence-corrected chi connectivity index (χ4v) is 3.34. The van der Waals surface area contributed by atoms with Gasteiger partial charge in [0.25, 0.3) is 0 Å². The van der Waals surface area contributed by atoms with Crippen LogP contribution in [0.2, 0.25) is 0 Å². The molecule has 7 heteroatoms. The van der Waals surface area contributed by atoms with Gasteiger partial charge >= 0.3 is 6.03 Å². The molecule has 1 aliphatic rings. The molecule has 1 heterocycles. The minimum Gasteiger partial charge on any atom is -0.508 e. The molecule has 0 spiro atoms. The smallest absolute Gasteiger partial charge is 0.327 e. The summed E-state index contributed by atoms with van der Waals surface area (Å²) in [7, 11) is 0. The Morgan fingerprint density at radius 2 is 1.55 bits per heavy atom. The van der Waals surface area contributed by atoms with Crippen molar-refractivity contribution in [3.8, 4) is 5.75 Å². The fraction of sp³-hybridized carbons (Fsp3) is 0.364. The third-order valence-electron chi connectivity index (χ3n) is 5.32. The van der Waals surface area contributed by atoms with Crippen LogP contribution in [0.3, 0.4) is 0 Å². The molecular weight excluding hydrogens is 366 g/mol. The second-order valence-electron chi connectivity index (χ2n) is 7.26. The Hall–Kier alpha value is -3.22. The quantitative estimate of drug-likeness (QED) is 0.515. The molecule has 2 aromatic rings. The van der Waals surface area contributed by atoms with Crippen LogP contribution in [0.25, 0.3) is 0 Å². The van der Waals surface area contributed by atoms with E-state index in [1.165, 1.54) is 4.90 Å². The van der Waals surface area contributed by atoms with E-state index in [0.717, 1.165) is 50.3 Å². The predicted octanol–water partition coefficient (Wildman–Crippen LogP) is 3.64. The number of hydrogen-bond acceptors (Lipinski definition) is 5. The van der Waals surface area contributed by atoms with Crippen LogP contribution in [0, 0.1) is 5.41 Å². The van der Waals surface area contributed by atoms with Crippen molar-refractivity contribution >= 4 is 29.4 Å². The normalized spacial score (nSPS) is 15.0. The Balaban J connectivity index is 1.61. The van der Waals surface area contributed by atoms with Gasteiger partial charge in [-0.1, -0.05) is 6.92 Å². The summed E-state index contributed by atoms with van der Waals surface area (Å²) >= 11 is 0. The van der Waals surface area contributed by atoms with Crippen LogP contribution in [-0.2, 0) is 0 Å². The highest BCUT2D eigenvalue weighted by atomic mass is 16.3. The highest BCUT2D eigenvalue weighted by Gasteiger charge is 2.19. The number of benzene rings is 2. The van der Waals surface area contributed by atoms with Crippen molar-refractivity contribution in [2.45, 2.75) is 26.3 Å². The zero-order chi connectivity index (χ0) is 20.8. The molecular formula is C22H29N5O2. The Labute approximate surface area is 172 Å². The van der Waals surface area contributed by atoms with Gasteiger partial charge in [-0.3, -0.25) is 10.3 Å². The maximum Gasteiger partial charge on any atom is 0.327 e. The van der Waals surface area contributed by atoms with Crippen LogP contribution >= 0.6 is 0 Å². The maximum absolute atomic E-state index is 12.4. The lowest BCUT2D eigenvalue weighted by molar-refractivity contribution is 0.246. The van der Waals surface area contributed by atoms with E-state index in [0.29, 0.717) is 5.69 Å². The van der Waals surface area contributed by atoms with Gasteiger partial charge in [0, 0.05) is 43.6 Å². The number of nitrogens with one attached hydrogen (secondary N) is 2. The number of nitrogens with zero attached hydrogens (tertiary/aromatic N) is 3. The molecule has 7 nitrogen and oxygen atoms in total. The number of carbonyl (C=O) groups is 1. The van der Waals surface area contributed by atoms with E-state index in [1.54, 1.807) is 12.1 Å². The van der Waals surface area contributed by atoms with Gasteiger partial charge < -0.3 is 20.2 Å². The minimum atomic E-state index is -0.287. The highest BCUT2D eigenvalue weighted by Crippen LogP contribution is 2.24. The number of rotatable bonds is 6. The first-order chi connectivity index (χ1) is 14.0. The van der Waals surface area contributed by atoms with Gasteiger partial charge in [0.05, 0.1) is 12.0 Å². The van der Waals surface area contributed by atoms with Crippen LogP contribution in [0.4, 0.5) is 21.9 Å². The third-order valence-corrected chi connectivity index (χ3v) is 5.32. The van der Waals surface area contributed by atoms with Crippen LogP contribution in [0.1, 0.15) is 20.3 Å². The third kappa shape index (κ3) is 4.99. The average molecular weight is 396 g/mol. The summed E-state index contributed by atoms with van der Waals surface area (Å²) in [6, 6.07) is 14.8. The molecule has 0 saturated carbocycles. The van der Waals surface area contributed by atoms with E-state index >= 15 is 0 Å². The number of phenols is 1. The minimum absolute atomic E-state index is 0.0640. The summed E-state index contributed by atoms with van der Waals surface area (Å²) in [6.45, 7) is 7.54. The number of aromatic hydroxyl groups is 1. The topological polar surface area (TPSA) is 82.9 Å². The van der Waals surface area contributed by atoms with Crippen LogP contribution < -0.4 is 20.0 Å². The molecule has 0 aliphatic carbocycles. The standard InChI is InChI=1S/C22H29N5O2/c1-3-17(2)24-22(29)27(16-23)20-6-4-18(5-7-20)25-12-14-26(15-13-25)19-8-10-21(28)11-9-19/h4-11,16-17,23,28H,3,12-15H2,1-2H3,(H,24,29). The first kappa shape index (κ1) is 20.5. The molecule has 1 unspecified atom stereocenters. The van der Waals surface area contributed by atoms with Crippen molar-refractivity contribution in [1.29, 1.82) is 5.41 Å². The molecule has 1 saturated heterocycles. The number of carbonyl (C=O) groups excluding carboxylic acids is 1. The lowest BCUT2D eigenvalue weighted by Crippen LogP contribution is -2.46.